The molecule has 3 aliphatic heterocycles. The highest BCUT2D eigenvalue weighted by atomic mass is 32.2. The van der Waals surface area contributed by atoms with E-state index in [2.05, 4.69) is 22.9 Å². The van der Waals surface area contributed by atoms with Crippen LogP contribution in [0, 0.1) is 11.3 Å². The summed E-state index contributed by atoms with van der Waals surface area (Å²) in [5.74, 6) is 1.70. The molecule has 0 spiro atoms. The zero-order chi connectivity index (χ0) is 17.3. The maximum Gasteiger partial charge on any atom is 0.211 e. The zero-order valence-corrected chi connectivity index (χ0v) is 15.8. The molecule has 0 aromatic rings. The molecule has 2 unspecified atom stereocenters. The van der Waals surface area contributed by atoms with Crippen molar-refractivity contribution in [1.82, 2.24) is 19.4 Å². The normalized spacial score (nSPS) is 31.2. The Labute approximate surface area is 148 Å². The standard InChI is InChI=1S/C14H25N5O3S2/c1-3-18(12-4-6-16(7-5-12)24(2,20)21)19-14(9-22-19)17-11-23-10-13(17)8-15/h12-14H,3-7,9-11H2,1-2H3. The highest BCUT2D eigenvalue weighted by Gasteiger charge is 2.45. The Balaban J connectivity index is 1.62. The number of rotatable bonds is 5. The van der Waals surface area contributed by atoms with Gasteiger partial charge in [-0.05, 0) is 12.8 Å². The third-order valence-electron chi connectivity index (χ3n) is 4.95. The van der Waals surface area contributed by atoms with Crippen molar-refractivity contribution < 1.29 is 13.3 Å². The first-order valence-corrected chi connectivity index (χ1v) is 11.3. The van der Waals surface area contributed by atoms with Gasteiger partial charge in [-0.1, -0.05) is 6.92 Å². The SMILES string of the molecule is CCN(C1CCN(S(C)(=O)=O)CC1)N1OCC1N1CSCC1C#N. The zero-order valence-electron chi connectivity index (χ0n) is 14.2. The van der Waals surface area contributed by atoms with Gasteiger partial charge >= 0.3 is 0 Å². The molecule has 0 aliphatic carbocycles. The van der Waals surface area contributed by atoms with Crippen molar-refractivity contribution in [3.8, 4) is 6.07 Å². The van der Waals surface area contributed by atoms with Crippen LogP contribution in [0.5, 0.6) is 0 Å². The predicted molar refractivity (Wildman–Crippen MR) is 92.0 cm³/mol. The van der Waals surface area contributed by atoms with E-state index in [1.165, 1.54) is 6.26 Å². The molecule has 2 atom stereocenters. The van der Waals surface area contributed by atoms with E-state index in [1.807, 2.05) is 5.17 Å². The topological polar surface area (TPSA) is 80.1 Å². The molecule has 0 radical (unpaired) electrons. The second-order valence-electron chi connectivity index (χ2n) is 6.39. The number of sulfonamides is 1. The maximum absolute atomic E-state index is 11.7. The van der Waals surface area contributed by atoms with Crippen LogP contribution in [0.2, 0.25) is 0 Å². The Kier molecular flexibility index (Phi) is 5.71. The first-order chi connectivity index (χ1) is 11.5. The quantitative estimate of drug-likeness (QED) is 0.670. The van der Waals surface area contributed by atoms with Crippen molar-refractivity contribution >= 4 is 21.8 Å². The Morgan fingerprint density at radius 1 is 1.38 bits per heavy atom. The number of thioether (sulfide) groups is 1. The van der Waals surface area contributed by atoms with Crippen molar-refractivity contribution in [3.63, 3.8) is 0 Å². The predicted octanol–water partition coefficient (Wildman–Crippen LogP) is 0.119. The molecule has 0 amide bonds. The minimum Gasteiger partial charge on any atom is -0.279 e. The Morgan fingerprint density at radius 3 is 2.58 bits per heavy atom. The molecule has 0 bridgehead atoms. The van der Waals surface area contributed by atoms with Crippen molar-refractivity contribution in [1.29, 1.82) is 5.26 Å². The van der Waals surface area contributed by atoms with E-state index in [9.17, 15) is 13.7 Å². The van der Waals surface area contributed by atoms with Gasteiger partial charge in [-0.2, -0.15) is 5.26 Å². The van der Waals surface area contributed by atoms with Crippen molar-refractivity contribution in [2.45, 2.75) is 38.0 Å². The van der Waals surface area contributed by atoms with Gasteiger partial charge in [-0.3, -0.25) is 9.74 Å². The van der Waals surface area contributed by atoms with Crippen LogP contribution in [0.25, 0.3) is 0 Å². The molecule has 136 valence electrons. The number of hydrazine groups is 1. The van der Waals surface area contributed by atoms with E-state index in [0.717, 1.165) is 31.0 Å². The van der Waals surface area contributed by atoms with Crippen LogP contribution in [0.3, 0.4) is 0 Å². The van der Waals surface area contributed by atoms with Crippen LogP contribution < -0.4 is 0 Å². The lowest BCUT2D eigenvalue weighted by atomic mass is 10.1. The molecule has 3 heterocycles. The third kappa shape index (κ3) is 3.58. The molecule has 24 heavy (non-hydrogen) atoms. The summed E-state index contributed by atoms with van der Waals surface area (Å²) < 4.78 is 24.9. The van der Waals surface area contributed by atoms with Crippen LogP contribution in [0.1, 0.15) is 19.8 Å². The average Bonchev–Trinajstić information content (AvgIpc) is 2.98. The molecule has 8 nitrogen and oxygen atoms in total. The minimum absolute atomic E-state index is 0.0582. The number of hydrogen-bond donors (Lipinski definition) is 0. The Bertz CT molecular complexity index is 588. The van der Waals surface area contributed by atoms with E-state index in [-0.39, 0.29) is 18.2 Å². The summed E-state index contributed by atoms with van der Waals surface area (Å²) in [7, 11) is -3.11. The van der Waals surface area contributed by atoms with Crippen molar-refractivity contribution in [2.24, 2.45) is 0 Å². The molecule has 3 fully saturated rings. The van der Waals surface area contributed by atoms with Gasteiger partial charge in [0.05, 0.1) is 12.3 Å². The molecule has 10 heteroatoms. The molecule has 0 aromatic heterocycles. The van der Waals surface area contributed by atoms with Crippen LogP contribution in [-0.2, 0) is 14.9 Å². The Morgan fingerprint density at radius 2 is 2.08 bits per heavy atom. The fourth-order valence-corrected chi connectivity index (χ4v) is 5.60. The minimum atomic E-state index is -3.11. The molecular weight excluding hydrogens is 350 g/mol. The number of nitriles is 1. The molecule has 3 aliphatic rings. The lowest BCUT2D eigenvalue weighted by Crippen LogP contribution is -2.68. The summed E-state index contributed by atoms with van der Waals surface area (Å²) in [6.45, 7) is 4.61. The molecular formula is C14H25N5O3S2. The van der Waals surface area contributed by atoms with E-state index in [4.69, 9.17) is 4.84 Å². The fraction of sp³-hybridized carbons (Fsp3) is 0.929. The number of hydrogen-bond acceptors (Lipinski definition) is 8. The summed E-state index contributed by atoms with van der Waals surface area (Å²) in [5, 5.41) is 13.4. The smallest absolute Gasteiger partial charge is 0.211 e. The van der Waals surface area contributed by atoms with Crippen molar-refractivity contribution in [2.75, 3.05) is 44.1 Å². The van der Waals surface area contributed by atoms with Crippen LogP contribution in [-0.4, -0.2) is 90.2 Å². The highest BCUT2D eigenvalue weighted by Crippen LogP contribution is 2.32. The van der Waals surface area contributed by atoms with Gasteiger partial charge in [0.2, 0.25) is 10.0 Å². The van der Waals surface area contributed by atoms with E-state index in [1.54, 1.807) is 16.1 Å². The number of hydroxylamine groups is 1. The molecule has 3 rings (SSSR count). The van der Waals surface area contributed by atoms with Gasteiger partial charge in [-0.25, -0.2) is 17.7 Å². The van der Waals surface area contributed by atoms with Gasteiger partial charge < -0.3 is 0 Å². The summed E-state index contributed by atoms with van der Waals surface area (Å²) in [6.07, 6.45) is 2.97. The lowest BCUT2D eigenvalue weighted by molar-refractivity contribution is -0.423. The van der Waals surface area contributed by atoms with Crippen molar-refractivity contribution in [3.05, 3.63) is 0 Å². The molecule has 0 N–H and O–H groups in total. The highest BCUT2D eigenvalue weighted by molar-refractivity contribution is 7.99. The molecule has 0 saturated carbocycles. The Hall–Kier alpha value is -0.410. The van der Waals surface area contributed by atoms with E-state index in [0.29, 0.717) is 19.7 Å². The maximum atomic E-state index is 11.7. The summed E-state index contributed by atoms with van der Waals surface area (Å²) in [5.41, 5.74) is 0. The van der Waals surface area contributed by atoms with Crippen LogP contribution in [0.4, 0.5) is 0 Å². The third-order valence-corrected chi connectivity index (χ3v) is 7.29. The number of piperidine rings is 1. The first-order valence-electron chi connectivity index (χ1n) is 8.32. The van der Waals surface area contributed by atoms with Gasteiger partial charge in [0.25, 0.3) is 0 Å². The van der Waals surface area contributed by atoms with E-state index >= 15 is 0 Å². The second kappa shape index (κ2) is 7.45. The largest absolute Gasteiger partial charge is 0.279 e. The lowest BCUT2D eigenvalue weighted by Gasteiger charge is -2.52. The second-order valence-corrected chi connectivity index (χ2v) is 9.37. The van der Waals surface area contributed by atoms with E-state index < -0.39 is 10.0 Å². The van der Waals surface area contributed by atoms with Gasteiger partial charge in [0.15, 0.2) is 0 Å². The fourth-order valence-electron chi connectivity index (χ4n) is 3.57. The number of nitrogens with zero attached hydrogens (tertiary/aromatic N) is 5. The summed E-state index contributed by atoms with van der Waals surface area (Å²) >= 11 is 1.78. The van der Waals surface area contributed by atoms with Gasteiger partial charge in [0.1, 0.15) is 18.8 Å². The van der Waals surface area contributed by atoms with Gasteiger partial charge in [-0.15, -0.1) is 16.9 Å². The van der Waals surface area contributed by atoms with Crippen LogP contribution in [0.15, 0.2) is 0 Å². The average molecular weight is 376 g/mol. The summed E-state index contributed by atoms with van der Waals surface area (Å²) in [4.78, 5) is 7.91. The van der Waals surface area contributed by atoms with Crippen LogP contribution >= 0.6 is 11.8 Å². The molecule has 3 saturated heterocycles. The monoisotopic (exact) mass is 375 g/mol. The van der Waals surface area contributed by atoms with Gasteiger partial charge in [0, 0.05) is 37.3 Å². The summed E-state index contributed by atoms with van der Waals surface area (Å²) in [6, 6.07) is 2.59. The molecule has 0 aromatic carbocycles. The first kappa shape index (κ1) is 18.4.